The van der Waals surface area contributed by atoms with E-state index in [2.05, 4.69) is 36.1 Å². The summed E-state index contributed by atoms with van der Waals surface area (Å²) in [4.78, 5) is 3.19. The Morgan fingerprint density at radius 3 is 1.72 bits per heavy atom. The van der Waals surface area contributed by atoms with Crippen LogP contribution in [-0.4, -0.2) is 107 Å². The van der Waals surface area contributed by atoms with Crippen molar-refractivity contribution in [3.8, 4) is 0 Å². The van der Waals surface area contributed by atoms with Crippen molar-refractivity contribution in [1.29, 1.82) is 0 Å². The van der Waals surface area contributed by atoms with Gasteiger partial charge in [0.05, 0.1) is 58.2 Å². The van der Waals surface area contributed by atoms with Gasteiger partial charge in [-0.15, -0.1) is 10.2 Å². The molecule has 0 amide bonds. The first-order chi connectivity index (χ1) is 23.3. The number of benzene rings is 2. The monoisotopic (exact) mass is 778 g/mol. The lowest BCUT2D eigenvalue weighted by atomic mass is 10.2. The van der Waals surface area contributed by atoms with E-state index in [1.807, 2.05) is 0 Å². The molecule has 0 bridgehead atoms. The Hall–Kier alpha value is -4.17. The van der Waals surface area contributed by atoms with Crippen molar-refractivity contribution >= 4 is 80.0 Å². The van der Waals surface area contributed by atoms with Crippen LogP contribution in [0.1, 0.15) is 5.56 Å². The molecule has 1 aromatic heterocycles. The van der Waals surface area contributed by atoms with Crippen LogP contribution in [0, 0.1) is 6.92 Å². The summed E-state index contributed by atoms with van der Waals surface area (Å²) in [7, 11) is -16.6. The second-order valence-electron chi connectivity index (χ2n) is 10.3. The molecule has 8 N–H and O–H groups in total. The first-order valence-electron chi connectivity index (χ1n) is 14.2. The molecule has 0 fully saturated rings. The van der Waals surface area contributed by atoms with Gasteiger partial charge < -0.3 is 26.6 Å². The van der Waals surface area contributed by atoms with E-state index in [-0.39, 0.29) is 69.4 Å². The van der Waals surface area contributed by atoms with Crippen LogP contribution < -0.4 is 16.4 Å². The Labute approximate surface area is 287 Å². The molecular formula is C26H34N8O12S4. The molecule has 3 aromatic rings. The highest BCUT2D eigenvalue weighted by atomic mass is 32.2. The predicted octanol–water partition coefficient (Wildman–Crippen LogP) is 1.93. The Morgan fingerprint density at radius 2 is 1.20 bits per heavy atom. The number of nitrogens with one attached hydrogen (secondary N) is 2. The predicted molar refractivity (Wildman–Crippen MR) is 183 cm³/mol. The average Bonchev–Trinajstić information content (AvgIpc) is 3.01. The van der Waals surface area contributed by atoms with Gasteiger partial charge in [0.25, 0.3) is 20.2 Å². The number of anilines is 3. The molecule has 3 rings (SSSR count). The molecule has 274 valence electrons. The quantitative estimate of drug-likeness (QED) is 0.0716. The number of aliphatic hydroxyl groups is 2. The second kappa shape index (κ2) is 16.7. The van der Waals surface area contributed by atoms with E-state index >= 15 is 0 Å². The first-order valence-corrected chi connectivity index (χ1v) is 20.7. The molecule has 50 heavy (non-hydrogen) atoms. The summed E-state index contributed by atoms with van der Waals surface area (Å²) in [6.07, 6.45) is 0. The number of nitrogens with zero attached hydrogens (tertiary/aromatic N) is 5. The van der Waals surface area contributed by atoms with Crippen LogP contribution in [0.4, 0.5) is 40.1 Å². The third-order valence-electron chi connectivity index (χ3n) is 6.57. The molecule has 2 aromatic carbocycles. The summed E-state index contributed by atoms with van der Waals surface area (Å²) >= 11 is 0. The lowest BCUT2D eigenvalue weighted by molar-refractivity contribution is 0.319. The number of aliphatic hydroxyl groups excluding tert-OH is 2. The minimum Gasteiger partial charge on any atom is -0.395 e. The fourth-order valence-corrected chi connectivity index (χ4v) is 6.89. The number of aromatic nitrogens is 1. The zero-order valence-corrected chi connectivity index (χ0v) is 29.5. The van der Waals surface area contributed by atoms with Crippen molar-refractivity contribution in [1.82, 2.24) is 4.98 Å². The normalized spacial score (nSPS) is 12.9. The molecule has 0 saturated carbocycles. The number of sulfone groups is 2. The number of pyridine rings is 1. The van der Waals surface area contributed by atoms with Gasteiger partial charge in [0, 0.05) is 18.7 Å². The van der Waals surface area contributed by atoms with E-state index in [1.54, 1.807) is 0 Å². The summed E-state index contributed by atoms with van der Waals surface area (Å²) in [5.41, 5.74) is 6.07. The van der Waals surface area contributed by atoms with Crippen LogP contribution in [0.2, 0.25) is 0 Å². The van der Waals surface area contributed by atoms with Crippen LogP contribution >= 0.6 is 0 Å². The highest BCUT2D eigenvalue weighted by Gasteiger charge is 2.20. The van der Waals surface area contributed by atoms with Gasteiger partial charge >= 0.3 is 0 Å². The molecule has 0 spiro atoms. The highest BCUT2D eigenvalue weighted by molar-refractivity contribution is 7.91. The third kappa shape index (κ3) is 11.7. The highest BCUT2D eigenvalue weighted by Crippen LogP contribution is 2.38. The van der Waals surface area contributed by atoms with E-state index in [0.717, 1.165) is 24.3 Å². The Kier molecular flexibility index (Phi) is 13.4. The summed E-state index contributed by atoms with van der Waals surface area (Å²) in [5.74, 6) is -1.81. The van der Waals surface area contributed by atoms with Crippen molar-refractivity contribution < 1.29 is 53.0 Å². The number of azo groups is 2. The van der Waals surface area contributed by atoms with Gasteiger partial charge in [-0.25, -0.2) is 21.8 Å². The standard InChI is InChI=1S/C26H34N8O12S4/c1-17-23(27)25(28-8-12-47(37,38)14-10-35)30-26(29-9-13-48(39,40)15-11-36)24(17)34-33-21-7-4-19(16-22(21)50(44,45)46)32-31-18-2-5-20(6-3-18)49(41,42)43/h2-7,16,35-36H,8-15,27H2,1H3,(H2,28,29,30)(H,41,42,43)(H,44,45,46)/b32-31+,34-33+. The number of nitrogen functional groups attached to an aromatic ring is 1. The van der Waals surface area contributed by atoms with E-state index in [4.69, 9.17) is 20.5 Å². The maximum absolute atomic E-state index is 12.3. The fraction of sp³-hybridized carbons (Fsp3) is 0.346. The maximum Gasteiger partial charge on any atom is 0.296 e. The van der Waals surface area contributed by atoms with Gasteiger partial charge in [-0.05, 0) is 49.4 Å². The molecule has 0 saturated heterocycles. The van der Waals surface area contributed by atoms with Crippen molar-refractivity contribution in [3.05, 3.63) is 48.0 Å². The summed E-state index contributed by atoms with van der Waals surface area (Å²) < 4.78 is 114. The molecule has 0 unspecified atom stereocenters. The number of nitrogens with two attached hydrogens (primary N) is 1. The van der Waals surface area contributed by atoms with E-state index < -0.39 is 75.3 Å². The van der Waals surface area contributed by atoms with Gasteiger partial charge in [0.2, 0.25) is 0 Å². The van der Waals surface area contributed by atoms with E-state index in [9.17, 15) is 38.2 Å². The molecular weight excluding hydrogens is 745 g/mol. The third-order valence-corrected chi connectivity index (χ3v) is 11.6. The fourth-order valence-electron chi connectivity index (χ4n) is 3.98. The van der Waals surface area contributed by atoms with Gasteiger partial charge in [-0.2, -0.15) is 27.1 Å². The minimum absolute atomic E-state index is 0.00216. The number of hydrogen-bond donors (Lipinski definition) is 7. The molecule has 0 aliphatic rings. The molecule has 0 aliphatic carbocycles. The second-order valence-corrected chi connectivity index (χ2v) is 17.7. The molecule has 0 atom stereocenters. The summed E-state index contributed by atoms with van der Waals surface area (Å²) in [6, 6.07) is 7.96. The SMILES string of the molecule is Cc1c(N)c(NCCS(=O)(=O)CCO)nc(NCCS(=O)(=O)CCO)c1/N=N/c1ccc(/N=N/c2ccc(S(=O)(=O)O)cc2)cc1S(=O)(=O)O. The van der Waals surface area contributed by atoms with E-state index in [0.29, 0.717) is 0 Å². The van der Waals surface area contributed by atoms with Crippen molar-refractivity contribution in [3.63, 3.8) is 0 Å². The zero-order chi connectivity index (χ0) is 37.3. The molecule has 1 heterocycles. The van der Waals surface area contributed by atoms with Crippen LogP contribution in [0.3, 0.4) is 0 Å². The molecule has 0 aliphatic heterocycles. The van der Waals surface area contributed by atoms with Gasteiger partial charge in [0.1, 0.15) is 16.3 Å². The Morgan fingerprint density at radius 1 is 0.680 bits per heavy atom. The van der Waals surface area contributed by atoms with Crippen LogP contribution in [0.25, 0.3) is 0 Å². The number of rotatable bonds is 18. The maximum atomic E-state index is 12.3. The van der Waals surface area contributed by atoms with E-state index in [1.165, 1.54) is 25.1 Å². The van der Waals surface area contributed by atoms with Crippen LogP contribution in [0.15, 0.2) is 72.7 Å². The van der Waals surface area contributed by atoms with Crippen molar-refractivity contribution in [2.24, 2.45) is 20.5 Å². The zero-order valence-electron chi connectivity index (χ0n) is 26.2. The average molecular weight is 779 g/mol. The molecule has 24 heteroatoms. The smallest absolute Gasteiger partial charge is 0.296 e. The summed E-state index contributed by atoms with van der Waals surface area (Å²) in [6.45, 7) is -0.0319. The summed E-state index contributed by atoms with van der Waals surface area (Å²) in [5, 5.41) is 39.3. The lowest BCUT2D eigenvalue weighted by Crippen LogP contribution is -2.22. The topological polar surface area (TPSA) is 330 Å². The van der Waals surface area contributed by atoms with Crippen molar-refractivity contribution in [2.45, 2.75) is 16.7 Å². The van der Waals surface area contributed by atoms with Crippen LogP contribution in [-0.2, 0) is 39.9 Å². The first kappa shape index (κ1) is 40.3. The van der Waals surface area contributed by atoms with Gasteiger partial charge in [-0.3, -0.25) is 9.11 Å². The lowest BCUT2D eigenvalue weighted by Gasteiger charge is -2.16. The van der Waals surface area contributed by atoms with Crippen molar-refractivity contribution in [2.75, 3.05) is 65.7 Å². The van der Waals surface area contributed by atoms with Gasteiger partial charge in [0.15, 0.2) is 31.3 Å². The number of hydrogen-bond acceptors (Lipinski definition) is 18. The van der Waals surface area contributed by atoms with Crippen LogP contribution in [0.5, 0.6) is 0 Å². The minimum atomic E-state index is -4.93. The molecule has 20 nitrogen and oxygen atoms in total. The van der Waals surface area contributed by atoms with Gasteiger partial charge in [-0.1, -0.05) is 0 Å². The Balaban J connectivity index is 1.99. The Bertz CT molecular complexity index is 2200. The molecule has 0 radical (unpaired) electrons. The largest absolute Gasteiger partial charge is 0.395 e.